The zero-order chi connectivity index (χ0) is 12.8. The molecule has 0 saturated heterocycles. The van der Waals surface area contributed by atoms with Gasteiger partial charge in [0.15, 0.2) is 5.58 Å². The van der Waals surface area contributed by atoms with Crippen LogP contribution in [0.5, 0.6) is 0 Å². The smallest absolute Gasteiger partial charge is 0.396 e. The van der Waals surface area contributed by atoms with Gasteiger partial charge in [-0.1, -0.05) is 36.3 Å². The first-order valence-corrected chi connectivity index (χ1v) is 6.72. The van der Waals surface area contributed by atoms with Gasteiger partial charge in [0.1, 0.15) is 0 Å². The SMILES string of the molecule is O=C(O)C1(c2cccc3sc(=O)oc23)CCCC1. The van der Waals surface area contributed by atoms with E-state index in [4.69, 9.17) is 4.42 Å². The van der Waals surface area contributed by atoms with Crippen molar-refractivity contribution in [2.75, 3.05) is 0 Å². The maximum absolute atomic E-state index is 11.7. The topological polar surface area (TPSA) is 67.5 Å². The lowest BCUT2D eigenvalue weighted by Gasteiger charge is -2.24. The van der Waals surface area contributed by atoms with Gasteiger partial charge in [-0.15, -0.1) is 0 Å². The third-order valence-electron chi connectivity index (χ3n) is 3.74. The van der Waals surface area contributed by atoms with Gasteiger partial charge in [0, 0.05) is 5.56 Å². The van der Waals surface area contributed by atoms with Gasteiger partial charge in [-0.25, -0.2) is 4.79 Å². The Morgan fingerprint density at radius 1 is 1.33 bits per heavy atom. The molecule has 4 nitrogen and oxygen atoms in total. The molecule has 1 aromatic carbocycles. The van der Waals surface area contributed by atoms with E-state index < -0.39 is 11.4 Å². The van der Waals surface area contributed by atoms with Crippen molar-refractivity contribution in [2.24, 2.45) is 0 Å². The summed E-state index contributed by atoms with van der Waals surface area (Å²) in [4.78, 5) is 22.6. The number of fused-ring (bicyclic) bond motifs is 1. The van der Waals surface area contributed by atoms with Gasteiger partial charge < -0.3 is 9.52 Å². The zero-order valence-electron chi connectivity index (χ0n) is 9.64. The largest absolute Gasteiger partial charge is 0.481 e. The first-order chi connectivity index (χ1) is 8.63. The van der Waals surface area contributed by atoms with E-state index in [1.165, 1.54) is 0 Å². The lowest BCUT2D eigenvalue weighted by atomic mass is 9.78. The number of benzene rings is 1. The van der Waals surface area contributed by atoms with E-state index in [2.05, 4.69) is 0 Å². The van der Waals surface area contributed by atoms with E-state index >= 15 is 0 Å². The highest BCUT2D eigenvalue weighted by Gasteiger charge is 2.44. The molecule has 1 aliphatic rings. The first kappa shape index (κ1) is 11.5. The Kier molecular flexibility index (Phi) is 2.52. The summed E-state index contributed by atoms with van der Waals surface area (Å²) in [7, 11) is 0. The molecule has 94 valence electrons. The molecule has 18 heavy (non-hydrogen) atoms. The van der Waals surface area contributed by atoms with Crippen molar-refractivity contribution >= 4 is 27.6 Å². The summed E-state index contributed by atoms with van der Waals surface area (Å²) in [5, 5.41) is 9.57. The number of carboxylic acid groups (broad SMARTS) is 1. The summed E-state index contributed by atoms with van der Waals surface area (Å²) in [5.41, 5.74) is 0.233. The number of carbonyl (C=O) groups is 1. The average molecular weight is 264 g/mol. The molecule has 0 amide bonds. The molecule has 3 rings (SSSR count). The quantitative estimate of drug-likeness (QED) is 0.905. The molecule has 0 aliphatic heterocycles. The predicted molar refractivity (Wildman–Crippen MR) is 68.1 cm³/mol. The van der Waals surface area contributed by atoms with Crippen LogP contribution in [-0.4, -0.2) is 11.1 Å². The Bertz CT molecular complexity index is 661. The predicted octanol–water partition coefficient (Wildman–Crippen LogP) is 2.75. The Balaban J connectivity index is 2.30. The number of hydrogen-bond acceptors (Lipinski definition) is 4. The molecule has 0 radical (unpaired) electrons. The lowest BCUT2D eigenvalue weighted by Crippen LogP contribution is -2.32. The fourth-order valence-corrected chi connectivity index (χ4v) is 3.54. The van der Waals surface area contributed by atoms with E-state index in [-0.39, 0.29) is 4.94 Å². The molecule has 0 bridgehead atoms. The van der Waals surface area contributed by atoms with Crippen LogP contribution in [0.25, 0.3) is 10.3 Å². The van der Waals surface area contributed by atoms with Crippen LogP contribution in [0, 0.1) is 0 Å². The highest BCUT2D eigenvalue weighted by atomic mass is 32.1. The van der Waals surface area contributed by atoms with Gasteiger partial charge in [0.2, 0.25) is 0 Å². The van der Waals surface area contributed by atoms with E-state index in [9.17, 15) is 14.7 Å². The highest BCUT2D eigenvalue weighted by Crippen LogP contribution is 2.44. The van der Waals surface area contributed by atoms with Crippen LogP contribution in [0.2, 0.25) is 0 Å². The Morgan fingerprint density at radius 2 is 2.06 bits per heavy atom. The summed E-state index contributed by atoms with van der Waals surface area (Å²) in [6.45, 7) is 0. The van der Waals surface area contributed by atoms with Gasteiger partial charge in [-0.2, -0.15) is 0 Å². The number of hydrogen-bond donors (Lipinski definition) is 1. The van der Waals surface area contributed by atoms with Gasteiger partial charge in [-0.05, 0) is 18.9 Å². The normalized spacial score (nSPS) is 18.2. The fraction of sp³-hybridized carbons (Fsp3) is 0.385. The minimum atomic E-state index is -0.878. The van der Waals surface area contributed by atoms with Crippen LogP contribution >= 0.6 is 11.3 Å². The maximum Gasteiger partial charge on any atom is 0.396 e. The van der Waals surface area contributed by atoms with Crippen LogP contribution in [0.15, 0.2) is 27.4 Å². The monoisotopic (exact) mass is 264 g/mol. The molecule has 0 atom stereocenters. The van der Waals surface area contributed by atoms with Gasteiger partial charge in [0.25, 0.3) is 0 Å². The van der Waals surface area contributed by atoms with E-state index in [0.29, 0.717) is 24.0 Å². The van der Waals surface area contributed by atoms with E-state index in [0.717, 1.165) is 28.9 Å². The van der Waals surface area contributed by atoms with Gasteiger partial charge >= 0.3 is 10.9 Å². The number of carboxylic acids is 1. The molecule has 5 heteroatoms. The lowest BCUT2D eigenvalue weighted by molar-refractivity contribution is -0.143. The molecule has 2 aromatic rings. The highest BCUT2D eigenvalue weighted by molar-refractivity contribution is 7.16. The third kappa shape index (κ3) is 1.50. The molecule has 0 unspecified atom stereocenters. The molecule has 1 aromatic heterocycles. The molecule has 1 aliphatic carbocycles. The van der Waals surface area contributed by atoms with Crippen molar-refractivity contribution in [1.82, 2.24) is 0 Å². The third-order valence-corrected chi connectivity index (χ3v) is 4.53. The summed E-state index contributed by atoms with van der Waals surface area (Å²) in [5.74, 6) is -0.818. The number of rotatable bonds is 2. The maximum atomic E-state index is 11.7. The van der Waals surface area contributed by atoms with Gasteiger partial charge in [-0.3, -0.25) is 4.79 Å². The van der Waals surface area contributed by atoms with Crippen LogP contribution in [-0.2, 0) is 10.2 Å². The van der Waals surface area contributed by atoms with Crippen LogP contribution in [0.1, 0.15) is 31.2 Å². The summed E-state index contributed by atoms with van der Waals surface area (Å²) >= 11 is 1.02. The van der Waals surface area contributed by atoms with Crippen LogP contribution < -0.4 is 4.94 Å². The second kappa shape index (κ2) is 3.95. The second-order valence-corrected chi connectivity index (χ2v) is 5.66. The van der Waals surface area contributed by atoms with Gasteiger partial charge in [0.05, 0.1) is 10.1 Å². The van der Waals surface area contributed by atoms with Crippen molar-refractivity contribution < 1.29 is 14.3 Å². The van der Waals surface area contributed by atoms with Crippen molar-refractivity contribution in [2.45, 2.75) is 31.1 Å². The van der Waals surface area contributed by atoms with Crippen molar-refractivity contribution in [3.8, 4) is 0 Å². The molecular weight excluding hydrogens is 252 g/mol. The minimum Gasteiger partial charge on any atom is -0.481 e. The van der Waals surface area contributed by atoms with E-state index in [1.54, 1.807) is 18.2 Å². The molecule has 1 saturated carbocycles. The van der Waals surface area contributed by atoms with Crippen molar-refractivity contribution in [1.29, 1.82) is 0 Å². The molecule has 0 spiro atoms. The second-order valence-electron chi connectivity index (χ2n) is 4.68. The fourth-order valence-electron chi connectivity index (χ4n) is 2.85. The number of para-hydroxylation sites is 1. The zero-order valence-corrected chi connectivity index (χ0v) is 10.5. The van der Waals surface area contributed by atoms with Crippen LogP contribution in [0.3, 0.4) is 0 Å². The summed E-state index contributed by atoms with van der Waals surface area (Å²) in [6.07, 6.45) is 3.02. The van der Waals surface area contributed by atoms with Crippen molar-refractivity contribution in [3.05, 3.63) is 33.5 Å². The summed E-state index contributed by atoms with van der Waals surface area (Å²) in [6, 6.07) is 5.36. The summed E-state index contributed by atoms with van der Waals surface area (Å²) < 4.78 is 5.91. The Hall–Kier alpha value is -1.62. The Morgan fingerprint density at radius 3 is 2.72 bits per heavy atom. The average Bonchev–Trinajstić information content (AvgIpc) is 2.93. The number of aliphatic carboxylic acids is 1. The van der Waals surface area contributed by atoms with Crippen LogP contribution in [0.4, 0.5) is 0 Å². The molecule has 1 heterocycles. The standard InChI is InChI=1S/C13H12O4S/c14-11(15)13(6-1-2-7-13)8-4-3-5-9-10(8)17-12(16)18-9/h3-5H,1-2,6-7H2,(H,14,15). The van der Waals surface area contributed by atoms with E-state index in [1.807, 2.05) is 0 Å². The van der Waals surface area contributed by atoms with Crippen molar-refractivity contribution in [3.63, 3.8) is 0 Å². The minimum absolute atomic E-state index is 0.379. The molecular formula is C13H12O4S. The first-order valence-electron chi connectivity index (χ1n) is 5.90. The molecule has 1 fully saturated rings. The Labute approximate surface area is 107 Å². The molecule has 1 N–H and O–H groups in total.